The van der Waals surface area contributed by atoms with Gasteiger partial charge in [0.15, 0.2) is 0 Å². The minimum absolute atomic E-state index is 0.169. The third-order valence-corrected chi connectivity index (χ3v) is 5.61. The summed E-state index contributed by atoms with van der Waals surface area (Å²) in [7, 11) is 0. The van der Waals surface area contributed by atoms with Crippen LogP contribution in [-0.2, 0) is 4.79 Å². The zero-order chi connectivity index (χ0) is 17.4. The molecular formula is C21H24OS2. The van der Waals surface area contributed by atoms with Gasteiger partial charge in [0.2, 0.25) is 5.12 Å². The molecule has 3 heteroatoms. The second-order valence-electron chi connectivity index (χ2n) is 6.08. The highest BCUT2D eigenvalue weighted by atomic mass is 32.2. The van der Waals surface area contributed by atoms with E-state index in [0.717, 1.165) is 28.2 Å². The minimum atomic E-state index is 0.169. The van der Waals surface area contributed by atoms with Crippen molar-refractivity contribution in [3.63, 3.8) is 0 Å². The molecule has 2 aromatic rings. The maximum absolute atomic E-state index is 12.8. The van der Waals surface area contributed by atoms with Crippen molar-refractivity contribution in [1.82, 2.24) is 0 Å². The molecule has 0 fully saturated rings. The molecule has 0 unspecified atom stereocenters. The van der Waals surface area contributed by atoms with Crippen LogP contribution in [0.25, 0.3) is 0 Å². The molecule has 2 rings (SSSR count). The molecule has 0 radical (unpaired) electrons. The maximum atomic E-state index is 12.8. The van der Waals surface area contributed by atoms with Gasteiger partial charge in [-0.05, 0) is 66.6 Å². The summed E-state index contributed by atoms with van der Waals surface area (Å²) in [6.45, 7) is 6.47. The van der Waals surface area contributed by atoms with Gasteiger partial charge in [-0.1, -0.05) is 62.0 Å². The first-order valence-electron chi connectivity index (χ1n) is 8.26. The van der Waals surface area contributed by atoms with Gasteiger partial charge in [-0.2, -0.15) is 0 Å². The van der Waals surface area contributed by atoms with E-state index >= 15 is 0 Å². The molecule has 0 atom stereocenters. The Balaban J connectivity index is 2.18. The molecule has 0 aliphatic carbocycles. The lowest BCUT2D eigenvalue weighted by atomic mass is 10.0. The standard InChI is InChI=1S/C21H24OS2/c1-16(2)14-15-20(17(3)23-18-10-6-4-7-11-18)21(22)24-19-12-8-5-9-13-19/h4-13,16H,14-15H2,1-3H3/b20-17-. The fourth-order valence-electron chi connectivity index (χ4n) is 2.24. The highest BCUT2D eigenvalue weighted by molar-refractivity contribution is 8.14. The molecule has 0 amide bonds. The molecule has 1 nitrogen and oxygen atoms in total. The van der Waals surface area contributed by atoms with Gasteiger partial charge in [-0.25, -0.2) is 0 Å². The average molecular weight is 357 g/mol. The van der Waals surface area contributed by atoms with Crippen molar-refractivity contribution in [3.8, 4) is 0 Å². The Bertz CT molecular complexity index is 675. The maximum Gasteiger partial charge on any atom is 0.220 e. The third kappa shape index (κ3) is 6.21. The van der Waals surface area contributed by atoms with Gasteiger partial charge >= 0.3 is 0 Å². The Morgan fingerprint density at radius 3 is 1.88 bits per heavy atom. The fourth-order valence-corrected chi connectivity index (χ4v) is 4.15. The van der Waals surface area contributed by atoms with Gasteiger partial charge in [-0.15, -0.1) is 0 Å². The molecule has 0 bridgehead atoms. The number of thioether (sulfide) groups is 2. The summed E-state index contributed by atoms with van der Waals surface area (Å²) in [5.74, 6) is 0.587. The molecule has 0 saturated carbocycles. The molecule has 0 spiro atoms. The number of benzene rings is 2. The molecule has 0 saturated heterocycles. The summed E-state index contributed by atoms with van der Waals surface area (Å²) in [6, 6.07) is 20.1. The van der Waals surface area contributed by atoms with E-state index in [-0.39, 0.29) is 5.12 Å². The summed E-state index contributed by atoms with van der Waals surface area (Å²) < 4.78 is 0. The van der Waals surface area contributed by atoms with Crippen LogP contribution in [0.4, 0.5) is 0 Å². The Labute approximate surface area is 153 Å². The molecule has 0 aromatic heterocycles. The second kappa shape index (κ2) is 9.75. The van der Waals surface area contributed by atoms with E-state index in [2.05, 4.69) is 32.9 Å². The summed E-state index contributed by atoms with van der Waals surface area (Å²) in [5, 5.41) is 0.169. The van der Waals surface area contributed by atoms with Gasteiger partial charge in [0.25, 0.3) is 0 Å². The summed E-state index contributed by atoms with van der Waals surface area (Å²) in [4.78, 5) is 16.1. The Hall–Kier alpha value is -1.45. The Morgan fingerprint density at radius 2 is 1.38 bits per heavy atom. The summed E-state index contributed by atoms with van der Waals surface area (Å²) in [5.41, 5.74) is 0.950. The van der Waals surface area contributed by atoms with Crippen LogP contribution in [0.1, 0.15) is 33.6 Å². The SMILES string of the molecule is C/C(Sc1ccccc1)=C(\CCC(C)C)C(=O)Sc1ccccc1. The minimum Gasteiger partial charge on any atom is -0.282 e. The number of hydrogen-bond donors (Lipinski definition) is 0. The molecule has 2 aromatic carbocycles. The first-order valence-corrected chi connectivity index (χ1v) is 9.89. The first-order chi connectivity index (χ1) is 11.6. The molecule has 24 heavy (non-hydrogen) atoms. The summed E-state index contributed by atoms with van der Waals surface area (Å²) in [6.07, 6.45) is 1.87. The lowest BCUT2D eigenvalue weighted by Gasteiger charge is -2.12. The molecule has 126 valence electrons. The molecule has 0 aliphatic rings. The first kappa shape index (κ1) is 18.9. The molecular weight excluding hydrogens is 332 g/mol. The molecule has 0 heterocycles. The number of rotatable bonds is 7. The van der Waals surface area contributed by atoms with Crippen molar-refractivity contribution in [1.29, 1.82) is 0 Å². The van der Waals surface area contributed by atoms with Crippen LogP contribution < -0.4 is 0 Å². The van der Waals surface area contributed by atoms with Gasteiger partial charge in [0.05, 0.1) is 0 Å². The number of allylic oxidation sites excluding steroid dienone is 1. The van der Waals surface area contributed by atoms with E-state index in [4.69, 9.17) is 0 Å². The van der Waals surface area contributed by atoms with Crippen LogP contribution in [-0.4, -0.2) is 5.12 Å². The van der Waals surface area contributed by atoms with E-state index in [1.165, 1.54) is 16.7 Å². The number of carbonyl (C=O) groups excluding carboxylic acids is 1. The zero-order valence-corrected chi connectivity index (χ0v) is 16.1. The van der Waals surface area contributed by atoms with Crippen molar-refractivity contribution >= 4 is 28.6 Å². The lowest BCUT2D eigenvalue weighted by Crippen LogP contribution is -2.02. The van der Waals surface area contributed by atoms with E-state index in [1.807, 2.05) is 48.5 Å². The fraction of sp³-hybridized carbons (Fsp3) is 0.286. The van der Waals surface area contributed by atoms with Crippen LogP contribution in [0, 0.1) is 5.92 Å². The zero-order valence-electron chi connectivity index (χ0n) is 14.5. The number of hydrogen-bond acceptors (Lipinski definition) is 3. The monoisotopic (exact) mass is 356 g/mol. The smallest absolute Gasteiger partial charge is 0.220 e. The van der Waals surface area contributed by atoms with Crippen molar-refractivity contribution in [2.24, 2.45) is 5.92 Å². The third-order valence-electron chi connectivity index (χ3n) is 3.61. The van der Waals surface area contributed by atoms with Crippen molar-refractivity contribution in [2.45, 2.75) is 43.4 Å². The lowest BCUT2D eigenvalue weighted by molar-refractivity contribution is -0.108. The Kier molecular flexibility index (Phi) is 7.67. The molecule has 0 aliphatic heterocycles. The van der Waals surface area contributed by atoms with Crippen LogP contribution in [0.15, 0.2) is 80.9 Å². The van der Waals surface area contributed by atoms with Crippen LogP contribution >= 0.6 is 23.5 Å². The van der Waals surface area contributed by atoms with Crippen molar-refractivity contribution in [3.05, 3.63) is 71.1 Å². The largest absolute Gasteiger partial charge is 0.282 e. The predicted octanol–water partition coefficient (Wildman–Crippen LogP) is 6.81. The van der Waals surface area contributed by atoms with Crippen LogP contribution in [0.5, 0.6) is 0 Å². The molecule has 0 N–H and O–H groups in total. The van der Waals surface area contributed by atoms with E-state index in [0.29, 0.717) is 5.92 Å². The van der Waals surface area contributed by atoms with E-state index in [9.17, 15) is 4.79 Å². The second-order valence-corrected chi connectivity index (χ2v) is 8.42. The highest BCUT2D eigenvalue weighted by Gasteiger charge is 2.16. The van der Waals surface area contributed by atoms with Crippen molar-refractivity contribution in [2.75, 3.05) is 0 Å². The van der Waals surface area contributed by atoms with E-state index < -0.39 is 0 Å². The van der Waals surface area contributed by atoms with Gasteiger partial charge in [0, 0.05) is 15.4 Å². The van der Waals surface area contributed by atoms with Gasteiger partial charge in [-0.3, -0.25) is 4.79 Å². The number of carbonyl (C=O) groups is 1. The predicted molar refractivity (Wildman–Crippen MR) is 106 cm³/mol. The highest BCUT2D eigenvalue weighted by Crippen LogP contribution is 2.34. The van der Waals surface area contributed by atoms with Crippen molar-refractivity contribution < 1.29 is 4.79 Å². The normalized spacial score (nSPS) is 12.2. The quantitative estimate of drug-likeness (QED) is 0.401. The van der Waals surface area contributed by atoms with Gasteiger partial charge in [0.1, 0.15) is 0 Å². The topological polar surface area (TPSA) is 17.1 Å². The average Bonchev–Trinajstić information content (AvgIpc) is 2.56. The van der Waals surface area contributed by atoms with Gasteiger partial charge < -0.3 is 0 Å². The Morgan fingerprint density at radius 1 is 0.875 bits per heavy atom. The summed E-state index contributed by atoms with van der Waals surface area (Å²) >= 11 is 3.02. The van der Waals surface area contributed by atoms with E-state index in [1.54, 1.807) is 11.8 Å². The van der Waals surface area contributed by atoms with Crippen LogP contribution in [0.2, 0.25) is 0 Å². The van der Waals surface area contributed by atoms with Crippen LogP contribution in [0.3, 0.4) is 0 Å².